The molecule has 3 heteroatoms. The van der Waals surface area contributed by atoms with E-state index in [0.717, 1.165) is 24.8 Å². The Morgan fingerprint density at radius 3 is 2.84 bits per heavy atom. The van der Waals surface area contributed by atoms with Crippen molar-refractivity contribution in [3.8, 4) is 0 Å². The van der Waals surface area contributed by atoms with E-state index in [1.807, 2.05) is 19.9 Å². The van der Waals surface area contributed by atoms with Gasteiger partial charge in [-0.3, -0.25) is 4.79 Å². The molecular weight excluding hydrogens is 241 g/mol. The lowest BCUT2D eigenvalue weighted by Crippen LogP contribution is -2.44. The fourth-order valence-electron chi connectivity index (χ4n) is 2.70. The Hall–Kier alpha value is -1.38. The van der Waals surface area contributed by atoms with Crippen LogP contribution in [0.5, 0.6) is 0 Å². The summed E-state index contributed by atoms with van der Waals surface area (Å²) < 4.78 is 13.2. The van der Waals surface area contributed by atoms with E-state index in [0.29, 0.717) is 0 Å². The van der Waals surface area contributed by atoms with Crippen molar-refractivity contribution >= 4 is 5.91 Å². The highest BCUT2D eigenvalue weighted by Gasteiger charge is 2.45. The Bertz CT molecular complexity index is 470. The van der Waals surface area contributed by atoms with E-state index in [9.17, 15) is 9.18 Å². The maximum Gasteiger partial charge on any atom is 0.224 e. The molecule has 0 aromatic heterocycles. The van der Waals surface area contributed by atoms with Crippen LogP contribution in [0.4, 0.5) is 4.39 Å². The van der Waals surface area contributed by atoms with Gasteiger partial charge in [0.15, 0.2) is 0 Å². The van der Waals surface area contributed by atoms with E-state index in [1.54, 1.807) is 6.07 Å². The molecule has 1 amide bonds. The molecular formula is C16H22FNO. The van der Waals surface area contributed by atoms with Crippen LogP contribution in [-0.4, -0.2) is 11.4 Å². The highest BCUT2D eigenvalue weighted by atomic mass is 19.1. The van der Waals surface area contributed by atoms with Gasteiger partial charge in [0.1, 0.15) is 5.82 Å². The van der Waals surface area contributed by atoms with Gasteiger partial charge in [-0.25, -0.2) is 4.39 Å². The van der Waals surface area contributed by atoms with E-state index < -0.39 is 0 Å². The van der Waals surface area contributed by atoms with Crippen molar-refractivity contribution in [3.05, 3.63) is 35.6 Å². The number of amides is 1. The van der Waals surface area contributed by atoms with Crippen molar-refractivity contribution in [2.24, 2.45) is 5.92 Å². The molecule has 0 spiro atoms. The lowest BCUT2D eigenvalue weighted by atomic mass is 9.98. The van der Waals surface area contributed by atoms with Gasteiger partial charge in [0.05, 0.1) is 0 Å². The van der Waals surface area contributed by atoms with Gasteiger partial charge >= 0.3 is 0 Å². The normalized spacial score (nSPS) is 22.1. The van der Waals surface area contributed by atoms with E-state index >= 15 is 0 Å². The fourth-order valence-corrected chi connectivity index (χ4v) is 2.70. The molecule has 1 aromatic carbocycles. The Balaban J connectivity index is 1.94. The van der Waals surface area contributed by atoms with Gasteiger partial charge in [0, 0.05) is 11.5 Å². The van der Waals surface area contributed by atoms with Crippen molar-refractivity contribution < 1.29 is 9.18 Å². The van der Waals surface area contributed by atoms with Gasteiger partial charge in [0.25, 0.3) is 0 Å². The zero-order valence-electron chi connectivity index (χ0n) is 11.9. The Morgan fingerprint density at radius 2 is 2.21 bits per heavy atom. The van der Waals surface area contributed by atoms with Crippen LogP contribution in [0.25, 0.3) is 0 Å². The van der Waals surface area contributed by atoms with Crippen LogP contribution in [0.1, 0.15) is 51.5 Å². The SMILES string of the molecule is CCCC(C)(C)NC(=O)[C@H]1C[C@@H]1c1cccc(F)c1. The summed E-state index contributed by atoms with van der Waals surface area (Å²) in [6, 6.07) is 6.58. The van der Waals surface area contributed by atoms with Crippen molar-refractivity contribution in [3.63, 3.8) is 0 Å². The molecule has 104 valence electrons. The maximum absolute atomic E-state index is 13.2. The fraction of sp³-hybridized carbons (Fsp3) is 0.562. The third kappa shape index (κ3) is 3.55. The molecule has 1 aliphatic rings. The minimum absolute atomic E-state index is 0.0120. The largest absolute Gasteiger partial charge is 0.351 e. The van der Waals surface area contributed by atoms with Gasteiger partial charge in [-0.05, 0) is 50.3 Å². The van der Waals surface area contributed by atoms with Crippen molar-refractivity contribution in [1.82, 2.24) is 5.32 Å². The molecule has 1 N–H and O–H groups in total. The third-order valence-corrected chi connectivity index (χ3v) is 3.74. The second-order valence-electron chi connectivity index (χ2n) is 6.13. The number of carbonyl (C=O) groups excluding carboxylic acids is 1. The average Bonchev–Trinajstić information content (AvgIpc) is 3.07. The molecule has 0 heterocycles. The van der Waals surface area contributed by atoms with Crippen LogP contribution in [0.2, 0.25) is 0 Å². The molecule has 2 rings (SSSR count). The number of carbonyl (C=O) groups is 1. The predicted octanol–water partition coefficient (Wildman–Crippen LogP) is 3.62. The van der Waals surface area contributed by atoms with Gasteiger partial charge in [-0.15, -0.1) is 0 Å². The van der Waals surface area contributed by atoms with Crippen LogP contribution in [0.3, 0.4) is 0 Å². The summed E-state index contributed by atoms with van der Waals surface area (Å²) in [6.07, 6.45) is 2.85. The van der Waals surface area contributed by atoms with Gasteiger partial charge < -0.3 is 5.32 Å². The van der Waals surface area contributed by atoms with Crippen LogP contribution < -0.4 is 5.32 Å². The molecule has 0 bridgehead atoms. The molecule has 2 atom stereocenters. The Morgan fingerprint density at radius 1 is 1.47 bits per heavy atom. The topological polar surface area (TPSA) is 29.1 Å². The number of hydrogen-bond donors (Lipinski definition) is 1. The van der Waals surface area contributed by atoms with Crippen LogP contribution in [0.15, 0.2) is 24.3 Å². The van der Waals surface area contributed by atoms with Crippen molar-refractivity contribution in [1.29, 1.82) is 0 Å². The molecule has 1 aliphatic carbocycles. The first-order valence-corrected chi connectivity index (χ1v) is 7.00. The molecule has 19 heavy (non-hydrogen) atoms. The van der Waals surface area contributed by atoms with E-state index in [-0.39, 0.29) is 29.1 Å². The Labute approximate surface area is 114 Å². The monoisotopic (exact) mass is 263 g/mol. The quantitative estimate of drug-likeness (QED) is 0.863. The summed E-state index contributed by atoms with van der Waals surface area (Å²) in [7, 11) is 0. The minimum atomic E-state index is -0.227. The molecule has 1 fully saturated rings. The number of hydrogen-bond acceptors (Lipinski definition) is 1. The molecule has 2 nitrogen and oxygen atoms in total. The smallest absolute Gasteiger partial charge is 0.224 e. The van der Waals surface area contributed by atoms with E-state index in [4.69, 9.17) is 0 Å². The number of rotatable bonds is 5. The summed E-state index contributed by atoms with van der Waals surface area (Å²) in [5.74, 6) is 0.0774. The average molecular weight is 263 g/mol. The summed E-state index contributed by atoms with van der Waals surface area (Å²) in [6.45, 7) is 6.21. The van der Waals surface area contributed by atoms with Crippen LogP contribution in [-0.2, 0) is 4.79 Å². The van der Waals surface area contributed by atoms with Gasteiger partial charge in [0.2, 0.25) is 5.91 Å². The predicted molar refractivity (Wildman–Crippen MR) is 74.4 cm³/mol. The molecule has 0 radical (unpaired) electrons. The summed E-state index contributed by atoms with van der Waals surface area (Å²) in [5, 5.41) is 3.10. The lowest BCUT2D eigenvalue weighted by molar-refractivity contribution is -0.124. The van der Waals surface area contributed by atoms with Crippen molar-refractivity contribution in [2.75, 3.05) is 0 Å². The Kier molecular flexibility index (Phi) is 3.93. The molecule has 0 aliphatic heterocycles. The molecule has 0 saturated heterocycles. The third-order valence-electron chi connectivity index (χ3n) is 3.74. The molecule has 1 aromatic rings. The number of halogens is 1. The van der Waals surface area contributed by atoms with Gasteiger partial charge in [-0.1, -0.05) is 25.5 Å². The molecule has 0 unspecified atom stereocenters. The van der Waals surface area contributed by atoms with Gasteiger partial charge in [-0.2, -0.15) is 0 Å². The van der Waals surface area contributed by atoms with E-state index in [1.165, 1.54) is 12.1 Å². The number of benzene rings is 1. The first-order chi connectivity index (χ1) is 8.93. The summed E-state index contributed by atoms with van der Waals surface area (Å²) in [4.78, 5) is 12.2. The first-order valence-electron chi connectivity index (χ1n) is 7.00. The second kappa shape index (κ2) is 5.32. The van der Waals surface area contributed by atoms with E-state index in [2.05, 4.69) is 12.2 Å². The van der Waals surface area contributed by atoms with Crippen LogP contribution >= 0.6 is 0 Å². The highest BCUT2D eigenvalue weighted by molar-refractivity contribution is 5.83. The van der Waals surface area contributed by atoms with Crippen LogP contribution in [0, 0.1) is 11.7 Å². The second-order valence-corrected chi connectivity index (χ2v) is 6.13. The summed E-state index contributed by atoms with van der Waals surface area (Å²) >= 11 is 0. The maximum atomic E-state index is 13.2. The zero-order chi connectivity index (χ0) is 14.0. The lowest BCUT2D eigenvalue weighted by Gasteiger charge is -2.25. The highest BCUT2D eigenvalue weighted by Crippen LogP contribution is 2.47. The standard InChI is InChI=1S/C16H22FNO/c1-4-8-16(2,3)18-15(19)14-10-13(14)11-6-5-7-12(17)9-11/h5-7,9,13-14H,4,8,10H2,1-3H3,(H,18,19)/t13-,14+/m1/s1. The number of nitrogens with one attached hydrogen (secondary N) is 1. The summed E-state index contributed by atoms with van der Waals surface area (Å²) in [5.41, 5.74) is 0.787. The first kappa shape index (κ1) is 14.0. The minimum Gasteiger partial charge on any atom is -0.351 e. The zero-order valence-corrected chi connectivity index (χ0v) is 11.9. The van der Waals surface area contributed by atoms with Crippen molar-refractivity contribution in [2.45, 2.75) is 51.5 Å². The molecule has 1 saturated carbocycles.